The van der Waals surface area contributed by atoms with Crippen molar-refractivity contribution in [1.29, 1.82) is 0 Å². The van der Waals surface area contributed by atoms with E-state index in [0.29, 0.717) is 6.04 Å². The van der Waals surface area contributed by atoms with Crippen molar-refractivity contribution in [1.82, 2.24) is 15.1 Å². The highest BCUT2D eigenvalue weighted by Crippen LogP contribution is 2.29. The summed E-state index contributed by atoms with van der Waals surface area (Å²) < 4.78 is 7.51. The monoisotopic (exact) mass is 285 g/mol. The Bertz CT molecular complexity index is 377. The number of nitrogens with one attached hydrogen (secondary N) is 1. The molecule has 1 aromatic rings. The van der Waals surface area contributed by atoms with E-state index in [1.54, 1.807) is 7.11 Å². The number of hydrogen-bond acceptors (Lipinski definition) is 4. The highest BCUT2D eigenvalue weighted by Gasteiger charge is 2.22. The molecule has 1 heterocycles. The summed E-state index contributed by atoms with van der Waals surface area (Å²) in [5, 5.41) is 7.83. The molecule has 1 aromatic heterocycles. The first-order valence-corrected chi connectivity index (χ1v) is 8.03. The van der Waals surface area contributed by atoms with Gasteiger partial charge in [-0.25, -0.2) is 0 Å². The van der Waals surface area contributed by atoms with Crippen molar-refractivity contribution in [2.45, 2.75) is 39.8 Å². The van der Waals surface area contributed by atoms with E-state index in [1.807, 2.05) is 25.0 Å². The molecule has 19 heavy (non-hydrogen) atoms. The smallest absolute Gasteiger partial charge is 0.161 e. The van der Waals surface area contributed by atoms with Crippen LogP contribution in [0.2, 0.25) is 0 Å². The Morgan fingerprint density at radius 1 is 1.32 bits per heavy atom. The number of nitrogens with zero attached hydrogens (tertiary/aromatic N) is 2. The fourth-order valence-corrected chi connectivity index (χ4v) is 3.14. The fraction of sp³-hybridized carbons (Fsp3) is 0.786. The summed E-state index contributed by atoms with van der Waals surface area (Å²) in [6, 6.07) is 0.605. The van der Waals surface area contributed by atoms with Crippen LogP contribution in [0.1, 0.15) is 45.5 Å². The van der Waals surface area contributed by atoms with E-state index in [1.165, 1.54) is 5.75 Å². The van der Waals surface area contributed by atoms with E-state index in [4.69, 9.17) is 4.74 Å². The Kier molecular flexibility index (Phi) is 6.72. The van der Waals surface area contributed by atoms with Crippen LogP contribution >= 0.6 is 11.8 Å². The lowest BCUT2D eigenvalue weighted by molar-refractivity contribution is 0.394. The summed E-state index contributed by atoms with van der Waals surface area (Å²) in [6.45, 7) is 8.79. The third-order valence-corrected chi connectivity index (χ3v) is 4.39. The first kappa shape index (κ1) is 16.4. The first-order chi connectivity index (χ1) is 9.01. The van der Waals surface area contributed by atoms with Crippen molar-refractivity contribution in [3.8, 4) is 5.75 Å². The van der Waals surface area contributed by atoms with Crippen LogP contribution in [-0.2, 0) is 0 Å². The predicted molar refractivity (Wildman–Crippen MR) is 83.1 cm³/mol. The molecule has 0 spiro atoms. The predicted octanol–water partition coefficient (Wildman–Crippen LogP) is 3.12. The van der Waals surface area contributed by atoms with Crippen LogP contribution in [0, 0.1) is 5.92 Å². The average molecular weight is 285 g/mol. The van der Waals surface area contributed by atoms with Gasteiger partial charge in [-0.15, -0.1) is 0 Å². The third-order valence-electron chi connectivity index (χ3n) is 2.92. The Balaban J connectivity index is 2.86. The van der Waals surface area contributed by atoms with Gasteiger partial charge in [0.2, 0.25) is 0 Å². The van der Waals surface area contributed by atoms with Crippen molar-refractivity contribution in [3.63, 3.8) is 0 Å². The Hall–Kier alpha value is -0.680. The Labute approximate surface area is 121 Å². The van der Waals surface area contributed by atoms with Crippen LogP contribution in [0.5, 0.6) is 5.75 Å². The maximum Gasteiger partial charge on any atom is 0.161 e. The van der Waals surface area contributed by atoms with Crippen molar-refractivity contribution in [3.05, 3.63) is 11.9 Å². The highest BCUT2D eigenvalue weighted by atomic mass is 32.2. The standard InChI is InChI=1S/C14H27N3OS/c1-10(2)8-19-9-12(15-5)14-13(18-6)7-16-17(14)11(3)4/h7,10-12,15H,8-9H2,1-6H3. The third kappa shape index (κ3) is 4.42. The molecule has 1 rings (SSSR count). The molecule has 0 saturated carbocycles. The lowest BCUT2D eigenvalue weighted by Crippen LogP contribution is -2.24. The maximum absolute atomic E-state index is 5.45. The van der Waals surface area contributed by atoms with Gasteiger partial charge in [-0.3, -0.25) is 4.68 Å². The number of aromatic nitrogens is 2. The van der Waals surface area contributed by atoms with Crippen LogP contribution in [0.4, 0.5) is 0 Å². The van der Waals surface area contributed by atoms with Gasteiger partial charge in [-0.05, 0) is 32.6 Å². The molecule has 1 N–H and O–H groups in total. The summed E-state index contributed by atoms with van der Waals surface area (Å²) in [5.74, 6) is 3.80. The minimum Gasteiger partial charge on any atom is -0.493 e. The van der Waals surface area contributed by atoms with Crippen LogP contribution in [-0.4, -0.2) is 35.4 Å². The lowest BCUT2D eigenvalue weighted by Gasteiger charge is -2.21. The van der Waals surface area contributed by atoms with Crippen molar-refractivity contribution in [2.75, 3.05) is 25.7 Å². The molecule has 0 aliphatic rings. The van der Waals surface area contributed by atoms with Crippen LogP contribution in [0.15, 0.2) is 6.20 Å². The number of hydrogen-bond donors (Lipinski definition) is 1. The molecule has 5 heteroatoms. The van der Waals surface area contributed by atoms with Gasteiger partial charge >= 0.3 is 0 Å². The van der Waals surface area contributed by atoms with Crippen molar-refractivity contribution < 1.29 is 4.74 Å². The molecule has 4 nitrogen and oxygen atoms in total. The maximum atomic E-state index is 5.45. The highest BCUT2D eigenvalue weighted by molar-refractivity contribution is 7.99. The number of rotatable bonds is 8. The van der Waals surface area contributed by atoms with Gasteiger partial charge in [0.1, 0.15) is 0 Å². The molecule has 0 fully saturated rings. The van der Waals surface area contributed by atoms with E-state index in [2.05, 4.69) is 42.8 Å². The SMILES string of the molecule is CNC(CSCC(C)C)c1c(OC)cnn1C(C)C. The zero-order valence-electron chi connectivity index (χ0n) is 12.9. The summed E-state index contributed by atoms with van der Waals surface area (Å²) >= 11 is 1.97. The second kappa shape index (κ2) is 7.80. The second-order valence-corrected chi connectivity index (χ2v) is 6.48. The molecule has 0 aliphatic carbocycles. The Morgan fingerprint density at radius 2 is 2.00 bits per heavy atom. The molecule has 0 bridgehead atoms. The summed E-state index contributed by atoms with van der Waals surface area (Å²) in [5.41, 5.74) is 1.15. The molecule has 1 atom stereocenters. The molecule has 110 valence electrons. The molecule has 1 unspecified atom stereocenters. The van der Waals surface area contributed by atoms with Gasteiger partial charge in [0, 0.05) is 11.8 Å². The lowest BCUT2D eigenvalue weighted by atomic mass is 10.2. The van der Waals surface area contributed by atoms with Crippen molar-refractivity contribution >= 4 is 11.8 Å². The molecule has 0 radical (unpaired) electrons. The molecule has 0 saturated heterocycles. The number of thioether (sulfide) groups is 1. The number of methoxy groups -OCH3 is 1. The van der Waals surface area contributed by atoms with E-state index >= 15 is 0 Å². The van der Waals surface area contributed by atoms with Gasteiger partial charge in [-0.2, -0.15) is 16.9 Å². The molecule has 0 aromatic carbocycles. The second-order valence-electron chi connectivity index (χ2n) is 5.41. The fourth-order valence-electron chi connectivity index (χ4n) is 1.98. The van der Waals surface area contributed by atoms with Gasteiger partial charge in [-0.1, -0.05) is 13.8 Å². The van der Waals surface area contributed by atoms with Gasteiger partial charge < -0.3 is 10.1 Å². The van der Waals surface area contributed by atoms with E-state index in [-0.39, 0.29) is 6.04 Å². The zero-order valence-corrected chi connectivity index (χ0v) is 13.8. The average Bonchev–Trinajstić information content (AvgIpc) is 2.78. The first-order valence-electron chi connectivity index (χ1n) is 6.87. The normalized spacial score (nSPS) is 13.3. The minimum atomic E-state index is 0.267. The number of ether oxygens (including phenoxy) is 1. The quantitative estimate of drug-likeness (QED) is 0.796. The van der Waals surface area contributed by atoms with E-state index < -0.39 is 0 Å². The molecular weight excluding hydrogens is 258 g/mol. The summed E-state index contributed by atoms with van der Waals surface area (Å²) in [6.07, 6.45) is 1.81. The summed E-state index contributed by atoms with van der Waals surface area (Å²) in [4.78, 5) is 0. The Morgan fingerprint density at radius 3 is 2.47 bits per heavy atom. The summed E-state index contributed by atoms with van der Waals surface area (Å²) in [7, 11) is 3.71. The topological polar surface area (TPSA) is 39.1 Å². The minimum absolute atomic E-state index is 0.267. The van der Waals surface area contributed by atoms with Crippen molar-refractivity contribution in [2.24, 2.45) is 5.92 Å². The van der Waals surface area contributed by atoms with Gasteiger partial charge in [0.05, 0.1) is 25.0 Å². The van der Waals surface area contributed by atoms with Gasteiger partial charge in [0.25, 0.3) is 0 Å². The molecule has 0 aliphatic heterocycles. The van der Waals surface area contributed by atoms with Gasteiger partial charge in [0.15, 0.2) is 5.75 Å². The van der Waals surface area contributed by atoms with Crippen LogP contribution in [0.3, 0.4) is 0 Å². The molecular formula is C14H27N3OS. The van der Waals surface area contributed by atoms with E-state index in [0.717, 1.165) is 23.1 Å². The van der Waals surface area contributed by atoms with Crippen LogP contribution < -0.4 is 10.1 Å². The van der Waals surface area contributed by atoms with Crippen LogP contribution in [0.25, 0.3) is 0 Å². The molecule has 0 amide bonds. The zero-order chi connectivity index (χ0) is 14.4. The largest absolute Gasteiger partial charge is 0.493 e. The van der Waals surface area contributed by atoms with E-state index in [9.17, 15) is 0 Å².